The topological polar surface area (TPSA) is 78.6 Å². The van der Waals surface area contributed by atoms with Gasteiger partial charge in [-0.2, -0.15) is 0 Å². The normalized spacial score (nSPS) is 15.0. The number of hydrogen-bond acceptors (Lipinski definition) is 6. The van der Waals surface area contributed by atoms with Gasteiger partial charge in [-0.15, -0.1) is 10.2 Å². The Balaban J connectivity index is 1.99. The first-order chi connectivity index (χ1) is 14.0. The molecule has 7 nitrogen and oxygen atoms in total. The predicted octanol–water partition coefficient (Wildman–Crippen LogP) is 3.69. The molecule has 0 aliphatic carbocycles. The van der Waals surface area contributed by atoms with Crippen LogP contribution in [0.25, 0.3) is 5.69 Å². The maximum Gasteiger partial charge on any atom is 0.308 e. The van der Waals surface area contributed by atoms with Crippen molar-refractivity contribution in [3.05, 3.63) is 70.3 Å². The van der Waals surface area contributed by atoms with Gasteiger partial charge < -0.3 is 9.47 Å². The molecule has 0 saturated heterocycles. The van der Waals surface area contributed by atoms with E-state index in [9.17, 15) is 4.79 Å². The summed E-state index contributed by atoms with van der Waals surface area (Å²) in [5.74, 6) is 1.62. The van der Waals surface area contributed by atoms with Crippen LogP contribution in [0.3, 0.4) is 0 Å². The summed E-state index contributed by atoms with van der Waals surface area (Å²) in [6, 6.07) is 12.6. The Morgan fingerprint density at radius 3 is 2.59 bits per heavy atom. The molecule has 0 saturated carbocycles. The second-order valence-corrected chi connectivity index (χ2v) is 7.04. The highest BCUT2D eigenvalue weighted by molar-refractivity contribution is 6.30. The molecule has 2 aromatic carbocycles. The van der Waals surface area contributed by atoms with Crippen LogP contribution >= 0.6 is 11.6 Å². The number of ether oxygens (including phenoxy) is 2. The predicted molar refractivity (Wildman–Crippen MR) is 109 cm³/mol. The Hall–Kier alpha value is -3.19. The average molecular weight is 411 g/mol. The van der Waals surface area contributed by atoms with Crippen LogP contribution in [0, 0.1) is 6.92 Å². The fraction of sp³-hybridized carbons (Fsp3) is 0.238. The zero-order valence-electron chi connectivity index (χ0n) is 16.2. The van der Waals surface area contributed by atoms with Crippen molar-refractivity contribution in [2.24, 2.45) is 4.99 Å². The van der Waals surface area contributed by atoms with E-state index in [2.05, 4.69) is 10.2 Å². The third kappa shape index (κ3) is 3.49. The summed E-state index contributed by atoms with van der Waals surface area (Å²) in [4.78, 5) is 17.0. The van der Waals surface area contributed by atoms with Gasteiger partial charge in [-0.25, -0.2) is 0 Å². The lowest BCUT2D eigenvalue weighted by Crippen LogP contribution is -2.12. The van der Waals surface area contributed by atoms with E-state index in [1.54, 1.807) is 7.11 Å². The highest BCUT2D eigenvalue weighted by atomic mass is 35.5. The zero-order chi connectivity index (χ0) is 20.5. The van der Waals surface area contributed by atoms with Crippen molar-refractivity contribution in [2.75, 3.05) is 14.2 Å². The maximum atomic E-state index is 12.1. The Morgan fingerprint density at radius 2 is 1.90 bits per heavy atom. The number of halogens is 1. The third-order valence-corrected chi connectivity index (χ3v) is 5.09. The fourth-order valence-electron chi connectivity index (χ4n) is 3.42. The van der Waals surface area contributed by atoms with E-state index < -0.39 is 6.04 Å². The summed E-state index contributed by atoms with van der Waals surface area (Å²) in [5, 5.41) is 9.16. The molecule has 0 radical (unpaired) electrons. The summed E-state index contributed by atoms with van der Waals surface area (Å²) < 4.78 is 12.3. The van der Waals surface area contributed by atoms with Crippen molar-refractivity contribution in [1.82, 2.24) is 14.8 Å². The first-order valence-electron chi connectivity index (χ1n) is 9.03. The molecule has 4 rings (SSSR count). The van der Waals surface area contributed by atoms with Crippen LogP contribution in [0.5, 0.6) is 5.75 Å². The summed E-state index contributed by atoms with van der Waals surface area (Å²) in [5.41, 5.74) is 3.30. The molecule has 0 amide bonds. The number of fused-ring (bicyclic) bond motifs is 3. The molecule has 0 N–H and O–H groups in total. The van der Waals surface area contributed by atoms with Gasteiger partial charge in [0.05, 0.1) is 32.0 Å². The van der Waals surface area contributed by atoms with Gasteiger partial charge in [0.2, 0.25) is 0 Å². The first-order valence-corrected chi connectivity index (χ1v) is 9.41. The first kappa shape index (κ1) is 19.1. The van der Waals surface area contributed by atoms with Crippen molar-refractivity contribution in [3.8, 4) is 11.4 Å². The quantitative estimate of drug-likeness (QED) is 0.613. The molecule has 148 valence electrons. The van der Waals surface area contributed by atoms with Gasteiger partial charge in [-0.05, 0) is 37.3 Å². The molecule has 1 aliphatic heterocycles. The molecule has 0 spiro atoms. The van der Waals surface area contributed by atoms with Gasteiger partial charge >= 0.3 is 5.97 Å². The van der Waals surface area contributed by atoms with Crippen LogP contribution in [0.4, 0.5) is 0 Å². The van der Waals surface area contributed by atoms with E-state index in [1.165, 1.54) is 7.11 Å². The molecule has 3 aromatic rings. The summed E-state index contributed by atoms with van der Waals surface area (Å²) in [7, 11) is 2.98. The summed E-state index contributed by atoms with van der Waals surface area (Å²) >= 11 is 6.08. The third-order valence-electron chi connectivity index (χ3n) is 4.84. The van der Waals surface area contributed by atoms with E-state index in [1.807, 2.05) is 54.0 Å². The number of benzene rings is 2. The molecular weight excluding hydrogens is 392 g/mol. The Morgan fingerprint density at radius 1 is 1.14 bits per heavy atom. The lowest BCUT2D eigenvalue weighted by molar-refractivity contribution is -0.141. The van der Waals surface area contributed by atoms with Crippen LogP contribution in [0.15, 0.2) is 47.5 Å². The molecule has 0 bridgehead atoms. The molecule has 1 aliphatic rings. The highest BCUT2D eigenvalue weighted by Crippen LogP contribution is 2.34. The zero-order valence-corrected chi connectivity index (χ0v) is 17.0. The fourth-order valence-corrected chi connectivity index (χ4v) is 3.54. The number of aromatic nitrogens is 3. The number of carbonyl (C=O) groups excluding carboxylic acids is 1. The number of rotatable bonds is 4. The Kier molecular flexibility index (Phi) is 5.07. The van der Waals surface area contributed by atoms with E-state index in [0.717, 1.165) is 22.5 Å². The number of nitrogens with zero attached hydrogens (tertiary/aromatic N) is 4. The summed E-state index contributed by atoms with van der Waals surface area (Å²) in [6.07, 6.45) is 0.0524. The molecule has 8 heteroatoms. The molecule has 29 heavy (non-hydrogen) atoms. The molecule has 1 atom stereocenters. The van der Waals surface area contributed by atoms with Crippen LogP contribution in [-0.4, -0.2) is 40.7 Å². The molecule has 1 aromatic heterocycles. The second kappa shape index (κ2) is 7.67. The minimum Gasteiger partial charge on any atom is -0.497 e. The van der Waals surface area contributed by atoms with E-state index in [4.69, 9.17) is 26.1 Å². The van der Waals surface area contributed by atoms with Crippen molar-refractivity contribution in [3.63, 3.8) is 0 Å². The number of aryl methyl sites for hydroxylation is 1. The highest BCUT2D eigenvalue weighted by Gasteiger charge is 2.30. The second-order valence-electron chi connectivity index (χ2n) is 6.60. The number of aliphatic imine (C=N–C) groups is 1. The van der Waals surface area contributed by atoms with Gasteiger partial charge in [-0.1, -0.05) is 23.7 Å². The minimum absolute atomic E-state index is 0.0524. The Bertz CT molecular complexity index is 1110. The lowest BCUT2D eigenvalue weighted by atomic mass is 10.00. The van der Waals surface area contributed by atoms with Crippen LogP contribution in [0.1, 0.15) is 35.2 Å². The van der Waals surface area contributed by atoms with Gasteiger partial charge in [0.25, 0.3) is 0 Å². The smallest absolute Gasteiger partial charge is 0.308 e. The molecular formula is C21H19ClN4O3. The number of esters is 1. The molecule has 2 heterocycles. The lowest BCUT2D eigenvalue weighted by Gasteiger charge is -2.14. The number of carbonyl (C=O) groups is 1. The number of hydrogen-bond donors (Lipinski definition) is 0. The van der Waals surface area contributed by atoms with E-state index in [-0.39, 0.29) is 12.4 Å². The molecule has 1 unspecified atom stereocenters. The average Bonchev–Trinajstić information content (AvgIpc) is 3.06. The van der Waals surface area contributed by atoms with Gasteiger partial charge in [0.1, 0.15) is 17.6 Å². The SMILES string of the molecule is COC(=O)CC1N=C(c2ccc(Cl)cc2)c2cc(OC)ccc2-n2c(C)nnc21. The summed E-state index contributed by atoms with van der Waals surface area (Å²) in [6.45, 7) is 1.87. The van der Waals surface area contributed by atoms with Gasteiger partial charge in [0.15, 0.2) is 5.82 Å². The van der Waals surface area contributed by atoms with Crippen molar-refractivity contribution >= 4 is 23.3 Å². The van der Waals surface area contributed by atoms with Gasteiger partial charge in [0, 0.05) is 16.1 Å². The minimum atomic E-state index is -0.548. The maximum absolute atomic E-state index is 12.1. The van der Waals surface area contributed by atoms with Gasteiger partial charge in [-0.3, -0.25) is 14.4 Å². The van der Waals surface area contributed by atoms with Crippen molar-refractivity contribution in [1.29, 1.82) is 0 Å². The van der Waals surface area contributed by atoms with Crippen LogP contribution in [0.2, 0.25) is 5.02 Å². The van der Waals surface area contributed by atoms with E-state index >= 15 is 0 Å². The van der Waals surface area contributed by atoms with Crippen LogP contribution < -0.4 is 4.74 Å². The van der Waals surface area contributed by atoms with E-state index in [0.29, 0.717) is 22.4 Å². The van der Waals surface area contributed by atoms with Crippen LogP contribution in [-0.2, 0) is 9.53 Å². The largest absolute Gasteiger partial charge is 0.497 e. The van der Waals surface area contributed by atoms with Crippen molar-refractivity contribution < 1.29 is 14.3 Å². The van der Waals surface area contributed by atoms with Crippen molar-refractivity contribution in [2.45, 2.75) is 19.4 Å². The number of methoxy groups -OCH3 is 2. The standard InChI is InChI=1S/C21H19ClN4O3/c1-12-24-25-21-17(11-19(27)29-3)23-20(13-4-6-14(22)7-5-13)16-10-15(28-2)8-9-18(16)26(12)21/h4-10,17H,11H2,1-3H3. The monoisotopic (exact) mass is 410 g/mol. The Labute approximate surface area is 173 Å². The molecule has 0 fully saturated rings.